The summed E-state index contributed by atoms with van der Waals surface area (Å²) in [5, 5.41) is 0. The Bertz CT molecular complexity index is 2600. The Labute approximate surface area is 300 Å². The molecule has 3 aliphatic heterocycles. The van der Waals surface area contributed by atoms with E-state index in [0.717, 1.165) is 0 Å². The quantitative estimate of drug-likeness (QED) is 0.243. The second-order valence-electron chi connectivity index (χ2n) is 14.2. The third-order valence-electron chi connectivity index (χ3n) is 11.8. The number of hydrogen-bond acceptors (Lipinski definition) is 0. The molecule has 0 bridgehead atoms. The van der Waals surface area contributed by atoms with Crippen molar-refractivity contribution in [3.63, 3.8) is 0 Å². The predicted octanol–water partition coefficient (Wildman–Crippen LogP) is 4.84. The van der Waals surface area contributed by atoms with Crippen LogP contribution in [0.2, 0.25) is 0 Å². The highest BCUT2D eigenvalue weighted by molar-refractivity contribution is 7.14. The first-order valence-electron chi connectivity index (χ1n) is 18.1. The highest BCUT2D eigenvalue weighted by Gasteiger charge is 2.46. The molecule has 0 aromatic heterocycles. The molecule has 0 saturated carbocycles. The van der Waals surface area contributed by atoms with E-state index in [4.69, 9.17) is 0 Å². The van der Waals surface area contributed by atoms with Gasteiger partial charge in [0.25, 0.3) is 0 Å². The van der Waals surface area contributed by atoms with Crippen molar-refractivity contribution in [1.82, 2.24) is 0 Å². The van der Waals surface area contributed by atoms with Crippen LogP contribution in [0.5, 0.6) is 0 Å². The van der Waals surface area contributed by atoms with E-state index >= 15 is 0 Å². The largest absolute Gasteiger partial charge is 0.241 e. The van der Waals surface area contributed by atoms with Gasteiger partial charge in [-0.2, -0.15) is 0 Å². The van der Waals surface area contributed by atoms with Crippen LogP contribution < -0.4 is 49.2 Å². The molecule has 0 unspecified atom stereocenters. The molecule has 3 heteroatoms. The smallest absolute Gasteiger partial charge is 0.0733 e. The van der Waals surface area contributed by atoms with Crippen molar-refractivity contribution in [3.05, 3.63) is 188 Å². The summed E-state index contributed by atoms with van der Waals surface area (Å²) in [7, 11) is 0. The molecular formula is C48H31B3. The molecule has 8 aromatic rings. The summed E-state index contributed by atoms with van der Waals surface area (Å²) in [5.41, 5.74) is 23.2. The van der Waals surface area contributed by atoms with Gasteiger partial charge in [-0.25, -0.2) is 0 Å². The van der Waals surface area contributed by atoms with Crippen LogP contribution in [0.4, 0.5) is 0 Å². The molecule has 232 valence electrons. The van der Waals surface area contributed by atoms with Gasteiger partial charge in [0, 0.05) is 0 Å². The average molecular weight is 640 g/mol. The van der Waals surface area contributed by atoms with Crippen molar-refractivity contribution < 1.29 is 0 Å². The molecular weight excluding hydrogens is 609 g/mol. The Balaban J connectivity index is 1.34. The summed E-state index contributed by atoms with van der Waals surface area (Å²) >= 11 is 0. The van der Waals surface area contributed by atoms with Crippen LogP contribution in [0.15, 0.2) is 188 Å². The van der Waals surface area contributed by atoms with E-state index in [0.29, 0.717) is 0 Å². The van der Waals surface area contributed by atoms with Crippen molar-refractivity contribution in [2.75, 3.05) is 0 Å². The number of fused-ring (bicyclic) bond motifs is 9. The van der Waals surface area contributed by atoms with Gasteiger partial charge in [-0.05, 0) is 44.5 Å². The zero-order valence-electron chi connectivity index (χ0n) is 28.1. The van der Waals surface area contributed by atoms with Gasteiger partial charge < -0.3 is 0 Å². The maximum atomic E-state index is 2.44. The number of rotatable bonds is 3. The molecule has 0 spiro atoms. The third kappa shape index (κ3) is 4.12. The zero-order chi connectivity index (χ0) is 33.5. The van der Waals surface area contributed by atoms with Gasteiger partial charge in [0.15, 0.2) is 0 Å². The van der Waals surface area contributed by atoms with Crippen LogP contribution in [0, 0.1) is 0 Å². The SMILES string of the molecule is c1ccc(-c2cccc(-c3ccccc3)c2B2c3ccccc3B3c4ccccc4-c4cccc(c43)B3c4ccccc4-c4cccc2c43)cc1. The molecule has 8 aromatic carbocycles. The molecule has 0 amide bonds. The molecule has 0 atom stereocenters. The first-order chi connectivity index (χ1) is 25.4. The first-order valence-corrected chi connectivity index (χ1v) is 18.1. The lowest BCUT2D eigenvalue weighted by atomic mass is 9.28. The maximum Gasteiger partial charge on any atom is 0.241 e. The first kappa shape index (κ1) is 28.8. The van der Waals surface area contributed by atoms with Crippen molar-refractivity contribution >= 4 is 69.3 Å². The Morgan fingerprint density at radius 3 is 1.00 bits per heavy atom. The summed E-state index contributed by atoms with van der Waals surface area (Å²) in [6, 6.07) is 70.9. The molecule has 0 aliphatic carbocycles. The lowest BCUT2D eigenvalue weighted by Crippen LogP contribution is -2.66. The van der Waals surface area contributed by atoms with Gasteiger partial charge in [-0.3, -0.25) is 0 Å². The highest BCUT2D eigenvalue weighted by atomic mass is 14.3. The molecule has 51 heavy (non-hydrogen) atoms. The molecule has 0 nitrogen and oxygen atoms in total. The van der Waals surface area contributed by atoms with Gasteiger partial charge in [-0.15, -0.1) is 0 Å². The van der Waals surface area contributed by atoms with Crippen LogP contribution >= 0.6 is 0 Å². The fraction of sp³-hybridized carbons (Fsp3) is 0. The van der Waals surface area contributed by atoms with Gasteiger partial charge >= 0.3 is 0 Å². The molecule has 0 radical (unpaired) electrons. The minimum Gasteiger partial charge on any atom is -0.0733 e. The molecule has 11 rings (SSSR count). The Morgan fingerprint density at radius 2 is 0.510 bits per heavy atom. The Kier molecular flexibility index (Phi) is 6.34. The van der Waals surface area contributed by atoms with Crippen LogP contribution in [0.25, 0.3) is 44.5 Å². The lowest BCUT2D eigenvalue weighted by Gasteiger charge is -2.27. The standard InChI is InChI=1S/C48H31B3/c1-3-16-32(17-4-1)34-22-13-23-35(33-18-5-2-6-19-33)46(34)51-43-29-12-11-28-42(43)49-40-26-9-7-20-36(40)38-24-14-30-44(47(38)49)50-41-27-10-8-21-37(41)39-25-15-31-45(51)48(39)50/h1-31H. The van der Waals surface area contributed by atoms with Gasteiger partial charge in [0.05, 0.1) is 0 Å². The molecule has 3 aliphatic rings. The second-order valence-corrected chi connectivity index (χ2v) is 14.2. The fourth-order valence-corrected chi connectivity index (χ4v) is 9.86. The monoisotopic (exact) mass is 640 g/mol. The van der Waals surface area contributed by atoms with E-state index in [2.05, 4.69) is 188 Å². The third-order valence-corrected chi connectivity index (χ3v) is 11.8. The van der Waals surface area contributed by atoms with Crippen molar-refractivity contribution in [3.8, 4) is 44.5 Å². The van der Waals surface area contributed by atoms with E-state index in [1.165, 1.54) is 93.7 Å². The normalized spacial score (nSPS) is 13.0. The second kappa shape index (κ2) is 11.2. The molecule has 0 fully saturated rings. The zero-order valence-corrected chi connectivity index (χ0v) is 28.1. The molecule has 3 heterocycles. The Hall–Kier alpha value is -6.05. The lowest BCUT2D eigenvalue weighted by molar-refractivity contribution is 1.61. The van der Waals surface area contributed by atoms with Gasteiger partial charge in [-0.1, -0.05) is 237 Å². The van der Waals surface area contributed by atoms with Crippen LogP contribution in [-0.4, -0.2) is 20.1 Å². The van der Waals surface area contributed by atoms with E-state index in [9.17, 15) is 0 Å². The summed E-state index contributed by atoms with van der Waals surface area (Å²) in [4.78, 5) is 0. The van der Waals surface area contributed by atoms with Gasteiger partial charge in [0.2, 0.25) is 20.1 Å². The van der Waals surface area contributed by atoms with Crippen LogP contribution in [0.1, 0.15) is 0 Å². The van der Waals surface area contributed by atoms with Crippen LogP contribution in [0.3, 0.4) is 0 Å². The maximum absolute atomic E-state index is 2.44. The average Bonchev–Trinajstić information content (AvgIpc) is 3.73. The van der Waals surface area contributed by atoms with Gasteiger partial charge in [0.1, 0.15) is 0 Å². The van der Waals surface area contributed by atoms with Crippen molar-refractivity contribution in [2.45, 2.75) is 0 Å². The number of hydrogen-bond donors (Lipinski definition) is 0. The summed E-state index contributed by atoms with van der Waals surface area (Å²) in [5.74, 6) is 0. The minimum atomic E-state index is -0.0231. The van der Waals surface area contributed by atoms with E-state index in [1.807, 2.05) is 0 Å². The summed E-state index contributed by atoms with van der Waals surface area (Å²) < 4.78 is 0. The van der Waals surface area contributed by atoms with Crippen molar-refractivity contribution in [1.29, 1.82) is 0 Å². The predicted molar refractivity (Wildman–Crippen MR) is 221 cm³/mol. The topological polar surface area (TPSA) is 0 Å². The Morgan fingerprint density at radius 1 is 0.196 bits per heavy atom. The van der Waals surface area contributed by atoms with E-state index in [1.54, 1.807) is 0 Å². The van der Waals surface area contributed by atoms with Crippen molar-refractivity contribution in [2.24, 2.45) is 0 Å². The van der Waals surface area contributed by atoms with E-state index in [-0.39, 0.29) is 20.1 Å². The highest BCUT2D eigenvalue weighted by Crippen LogP contribution is 2.29. The van der Waals surface area contributed by atoms with Crippen LogP contribution in [-0.2, 0) is 0 Å². The fourth-order valence-electron chi connectivity index (χ4n) is 9.86. The number of benzene rings is 8. The minimum absolute atomic E-state index is 0.0231. The van der Waals surface area contributed by atoms with E-state index < -0.39 is 0 Å². The summed E-state index contributed by atoms with van der Waals surface area (Å²) in [6.45, 7) is 0.228. The summed E-state index contributed by atoms with van der Waals surface area (Å²) in [6.07, 6.45) is 0. The molecule has 0 N–H and O–H groups in total. The molecule has 0 saturated heterocycles.